The lowest BCUT2D eigenvalue weighted by Gasteiger charge is -2.24. The SMILES string of the molecule is NCCCCC(NC(=O)C(CC(=O)O)NC(=O)C(N)Cc1ccccc1)C(=O)NC(CCC(N)=O)C(=O)O. The summed E-state index contributed by atoms with van der Waals surface area (Å²) in [7, 11) is 0. The average Bonchev–Trinajstić information content (AvgIpc) is 2.85. The maximum Gasteiger partial charge on any atom is 0.326 e. The van der Waals surface area contributed by atoms with E-state index in [1.165, 1.54) is 0 Å². The molecule has 1 aromatic rings. The largest absolute Gasteiger partial charge is 0.481 e. The van der Waals surface area contributed by atoms with Crippen LogP contribution in [-0.2, 0) is 35.2 Å². The van der Waals surface area contributed by atoms with Gasteiger partial charge in [0.1, 0.15) is 18.1 Å². The summed E-state index contributed by atoms with van der Waals surface area (Å²) in [5.41, 5.74) is 17.2. The zero-order chi connectivity index (χ0) is 28.7. The Labute approximate surface area is 219 Å². The van der Waals surface area contributed by atoms with Gasteiger partial charge in [0, 0.05) is 6.42 Å². The molecule has 0 fully saturated rings. The van der Waals surface area contributed by atoms with Gasteiger partial charge in [0.25, 0.3) is 0 Å². The Kier molecular flexibility index (Phi) is 14.0. The van der Waals surface area contributed by atoms with E-state index in [2.05, 4.69) is 16.0 Å². The van der Waals surface area contributed by atoms with E-state index < -0.39 is 66.2 Å². The number of nitrogens with two attached hydrogens (primary N) is 3. The van der Waals surface area contributed by atoms with Gasteiger partial charge >= 0.3 is 11.9 Å². The molecular weight excluding hydrogens is 500 g/mol. The number of carboxylic acid groups (broad SMARTS) is 2. The molecule has 1 aromatic carbocycles. The van der Waals surface area contributed by atoms with Crippen molar-refractivity contribution < 1.29 is 39.0 Å². The highest BCUT2D eigenvalue weighted by Gasteiger charge is 2.31. The Bertz CT molecular complexity index is 974. The molecular formula is C24H36N6O8. The minimum absolute atomic E-state index is 0.0538. The van der Waals surface area contributed by atoms with E-state index in [1.54, 1.807) is 30.3 Å². The van der Waals surface area contributed by atoms with Crippen LogP contribution < -0.4 is 33.2 Å². The summed E-state index contributed by atoms with van der Waals surface area (Å²) in [6, 6.07) is 3.48. The van der Waals surface area contributed by atoms with Crippen LogP contribution in [0.25, 0.3) is 0 Å². The predicted molar refractivity (Wildman–Crippen MR) is 135 cm³/mol. The van der Waals surface area contributed by atoms with Gasteiger partial charge in [-0.3, -0.25) is 24.0 Å². The minimum Gasteiger partial charge on any atom is -0.481 e. The fraction of sp³-hybridized carbons (Fsp3) is 0.500. The molecule has 4 atom stereocenters. The van der Waals surface area contributed by atoms with Gasteiger partial charge in [-0.1, -0.05) is 30.3 Å². The van der Waals surface area contributed by atoms with E-state index in [0.29, 0.717) is 19.4 Å². The lowest BCUT2D eigenvalue weighted by molar-refractivity contribution is -0.143. The van der Waals surface area contributed by atoms with Crippen LogP contribution in [0.15, 0.2) is 30.3 Å². The maximum atomic E-state index is 13.0. The highest BCUT2D eigenvalue weighted by molar-refractivity contribution is 5.95. The quantitative estimate of drug-likeness (QED) is 0.0953. The number of carbonyl (C=O) groups is 6. The number of benzene rings is 1. The van der Waals surface area contributed by atoms with Crippen LogP contribution in [-0.4, -0.2) is 76.5 Å². The number of aliphatic carboxylic acids is 2. The third-order valence-electron chi connectivity index (χ3n) is 5.52. The van der Waals surface area contributed by atoms with E-state index in [9.17, 15) is 39.0 Å². The van der Waals surface area contributed by atoms with Gasteiger partial charge in [-0.2, -0.15) is 0 Å². The second kappa shape index (κ2) is 16.7. The summed E-state index contributed by atoms with van der Waals surface area (Å²) < 4.78 is 0. The van der Waals surface area contributed by atoms with Crippen LogP contribution in [0.1, 0.15) is 44.1 Å². The molecule has 0 aliphatic rings. The lowest BCUT2D eigenvalue weighted by Crippen LogP contribution is -2.57. The number of unbranched alkanes of at least 4 members (excludes halogenated alkanes) is 1. The fourth-order valence-electron chi connectivity index (χ4n) is 3.47. The molecule has 210 valence electrons. The van der Waals surface area contributed by atoms with Crippen molar-refractivity contribution in [1.29, 1.82) is 0 Å². The van der Waals surface area contributed by atoms with E-state index >= 15 is 0 Å². The zero-order valence-corrected chi connectivity index (χ0v) is 20.9. The number of amides is 4. The van der Waals surface area contributed by atoms with Gasteiger partial charge in [0.15, 0.2) is 0 Å². The Hall–Kier alpha value is -4.04. The Morgan fingerprint density at radius 1 is 0.789 bits per heavy atom. The highest BCUT2D eigenvalue weighted by Crippen LogP contribution is 2.07. The Morgan fingerprint density at radius 3 is 1.92 bits per heavy atom. The second-order valence-electron chi connectivity index (χ2n) is 8.71. The molecule has 0 radical (unpaired) electrons. The van der Waals surface area contributed by atoms with Crippen molar-refractivity contribution in [1.82, 2.24) is 16.0 Å². The number of hydrogen-bond acceptors (Lipinski definition) is 8. The molecule has 0 aromatic heterocycles. The molecule has 38 heavy (non-hydrogen) atoms. The van der Waals surface area contributed by atoms with E-state index in [-0.39, 0.29) is 25.7 Å². The lowest BCUT2D eigenvalue weighted by atomic mass is 10.0. The van der Waals surface area contributed by atoms with Crippen LogP contribution in [0, 0.1) is 0 Å². The van der Waals surface area contributed by atoms with Gasteiger partial charge < -0.3 is 43.4 Å². The average molecular weight is 537 g/mol. The van der Waals surface area contributed by atoms with Crippen molar-refractivity contribution in [3.8, 4) is 0 Å². The Morgan fingerprint density at radius 2 is 1.37 bits per heavy atom. The first-order valence-electron chi connectivity index (χ1n) is 12.1. The molecule has 0 saturated carbocycles. The number of primary amides is 1. The Balaban J connectivity index is 2.97. The standard InChI is InChI=1S/C24H36N6O8/c25-11-5-4-8-16(22(35)29-17(24(37)38)9-10-19(27)31)28-23(36)18(13-20(32)33)30-21(34)15(26)12-14-6-2-1-3-7-14/h1-3,6-7,15-18H,4-5,8-13,25-26H2,(H2,27,31)(H,28,36)(H,29,35)(H,30,34)(H,32,33)(H,37,38). The number of hydrogen-bond donors (Lipinski definition) is 8. The molecule has 0 bridgehead atoms. The van der Waals surface area contributed by atoms with Crippen molar-refractivity contribution in [3.05, 3.63) is 35.9 Å². The van der Waals surface area contributed by atoms with Crippen LogP contribution >= 0.6 is 0 Å². The zero-order valence-electron chi connectivity index (χ0n) is 20.9. The monoisotopic (exact) mass is 536 g/mol. The minimum atomic E-state index is -1.56. The fourth-order valence-corrected chi connectivity index (χ4v) is 3.47. The molecule has 0 heterocycles. The van der Waals surface area contributed by atoms with E-state index in [4.69, 9.17) is 17.2 Å². The summed E-state index contributed by atoms with van der Waals surface area (Å²) >= 11 is 0. The molecule has 14 heteroatoms. The molecule has 4 unspecified atom stereocenters. The van der Waals surface area contributed by atoms with Gasteiger partial charge in [-0.05, 0) is 44.2 Å². The van der Waals surface area contributed by atoms with Crippen LogP contribution in [0.2, 0.25) is 0 Å². The number of carboxylic acids is 2. The van der Waals surface area contributed by atoms with Crippen molar-refractivity contribution >= 4 is 35.6 Å². The summed E-state index contributed by atoms with van der Waals surface area (Å²) in [6.07, 6.45) is -0.283. The van der Waals surface area contributed by atoms with E-state index in [0.717, 1.165) is 5.56 Å². The highest BCUT2D eigenvalue weighted by atomic mass is 16.4. The van der Waals surface area contributed by atoms with Crippen molar-refractivity contribution in [2.75, 3.05) is 6.54 Å². The maximum absolute atomic E-state index is 13.0. The van der Waals surface area contributed by atoms with Crippen LogP contribution in [0.3, 0.4) is 0 Å². The van der Waals surface area contributed by atoms with Crippen LogP contribution in [0.5, 0.6) is 0 Å². The van der Waals surface area contributed by atoms with Gasteiger partial charge in [-0.25, -0.2) is 4.79 Å². The third kappa shape index (κ3) is 12.3. The summed E-state index contributed by atoms with van der Waals surface area (Å²) in [6.45, 7) is 0.301. The summed E-state index contributed by atoms with van der Waals surface area (Å²) in [5.74, 6) is -6.15. The molecule has 4 amide bonds. The molecule has 0 aliphatic heterocycles. The van der Waals surface area contributed by atoms with Crippen molar-refractivity contribution in [3.63, 3.8) is 0 Å². The molecule has 0 spiro atoms. The van der Waals surface area contributed by atoms with Crippen LogP contribution in [0.4, 0.5) is 0 Å². The van der Waals surface area contributed by atoms with E-state index in [1.807, 2.05) is 0 Å². The molecule has 1 rings (SSSR count). The predicted octanol–water partition coefficient (Wildman–Crippen LogP) is -2.04. The molecule has 11 N–H and O–H groups in total. The number of nitrogens with one attached hydrogen (secondary N) is 3. The summed E-state index contributed by atoms with van der Waals surface area (Å²) in [5, 5.41) is 25.6. The van der Waals surface area contributed by atoms with Crippen molar-refractivity contribution in [2.24, 2.45) is 17.2 Å². The second-order valence-corrected chi connectivity index (χ2v) is 8.71. The number of carbonyl (C=O) groups excluding carboxylic acids is 4. The molecule has 0 saturated heterocycles. The normalized spacial score (nSPS) is 13.8. The first-order valence-corrected chi connectivity index (χ1v) is 12.1. The van der Waals surface area contributed by atoms with Gasteiger partial charge in [-0.15, -0.1) is 0 Å². The number of rotatable bonds is 18. The molecule has 14 nitrogen and oxygen atoms in total. The first kappa shape index (κ1) is 32.0. The van der Waals surface area contributed by atoms with Gasteiger partial charge in [0.2, 0.25) is 23.6 Å². The summed E-state index contributed by atoms with van der Waals surface area (Å²) in [4.78, 5) is 72.3. The van der Waals surface area contributed by atoms with Gasteiger partial charge in [0.05, 0.1) is 12.5 Å². The van der Waals surface area contributed by atoms with Crippen molar-refractivity contribution in [2.45, 2.75) is 69.1 Å². The third-order valence-corrected chi connectivity index (χ3v) is 5.52. The first-order chi connectivity index (χ1) is 17.9. The smallest absolute Gasteiger partial charge is 0.326 e. The molecule has 0 aliphatic carbocycles. The topological polar surface area (TPSA) is 257 Å².